The Kier molecular flexibility index (Phi) is 7.17. The first kappa shape index (κ1) is 24.8. The summed E-state index contributed by atoms with van der Waals surface area (Å²) in [5.41, 5.74) is 3.22. The van der Waals surface area contributed by atoms with Gasteiger partial charge in [0.05, 0.1) is 11.2 Å². The van der Waals surface area contributed by atoms with E-state index < -0.39 is 12.1 Å². The molecule has 2 aromatic heterocycles. The van der Waals surface area contributed by atoms with Crippen molar-refractivity contribution in [2.45, 2.75) is 45.5 Å². The van der Waals surface area contributed by atoms with Crippen molar-refractivity contribution in [1.82, 2.24) is 25.4 Å². The van der Waals surface area contributed by atoms with E-state index in [1.54, 1.807) is 6.20 Å². The highest BCUT2D eigenvalue weighted by molar-refractivity contribution is 6.33. The Hall–Kier alpha value is -2.86. The average molecular weight is 489 g/mol. The second-order valence-corrected chi connectivity index (χ2v) is 9.05. The number of anilines is 1. The zero-order valence-electron chi connectivity index (χ0n) is 18.0. The highest BCUT2D eigenvalue weighted by atomic mass is 35.5. The van der Waals surface area contributed by atoms with Crippen LogP contribution in [0.25, 0.3) is 11.1 Å². The smallest absolute Gasteiger partial charge is 0.475 e. The molecule has 1 atom stereocenters. The van der Waals surface area contributed by atoms with Gasteiger partial charge in [0.25, 0.3) is 0 Å². The van der Waals surface area contributed by atoms with E-state index in [-0.39, 0.29) is 17.5 Å². The van der Waals surface area contributed by atoms with Crippen molar-refractivity contribution < 1.29 is 27.9 Å². The lowest BCUT2D eigenvalue weighted by Gasteiger charge is -2.15. The Morgan fingerprint density at radius 1 is 1.30 bits per heavy atom. The Balaban J connectivity index is 0.000000383. The van der Waals surface area contributed by atoms with E-state index in [1.807, 2.05) is 16.9 Å². The number of carboxylic acids is 1. The summed E-state index contributed by atoms with van der Waals surface area (Å²) in [7, 11) is 0. The highest BCUT2D eigenvalue weighted by Gasteiger charge is 2.38. The maximum atomic E-state index is 12.2. The number of carbonyl (C=O) groups excluding carboxylic acids is 1. The van der Waals surface area contributed by atoms with Gasteiger partial charge in [-0.25, -0.2) is 14.6 Å². The van der Waals surface area contributed by atoms with Crippen LogP contribution in [0.1, 0.15) is 26.0 Å². The number of fused-ring (bicyclic) bond motifs is 1. The summed E-state index contributed by atoms with van der Waals surface area (Å²) < 4.78 is 33.8. The molecule has 0 unspecified atom stereocenters. The molecule has 4 heterocycles. The van der Waals surface area contributed by atoms with Crippen molar-refractivity contribution in [2.75, 3.05) is 18.4 Å². The van der Waals surface area contributed by atoms with Gasteiger partial charge in [-0.2, -0.15) is 18.3 Å². The molecule has 0 aliphatic carbocycles. The minimum absolute atomic E-state index is 0.156. The fraction of sp³-hybridized carbons (Fsp3) is 0.500. The molecule has 0 bridgehead atoms. The molecule has 9 nitrogen and oxygen atoms in total. The van der Waals surface area contributed by atoms with Crippen LogP contribution in [-0.4, -0.2) is 57.2 Å². The van der Waals surface area contributed by atoms with Crippen LogP contribution in [-0.2, 0) is 17.8 Å². The van der Waals surface area contributed by atoms with Crippen molar-refractivity contribution in [3.8, 4) is 11.1 Å². The molecule has 2 aliphatic rings. The van der Waals surface area contributed by atoms with Crippen LogP contribution in [0.4, 0.5) is 23.8 Å². The van der Waals surface area contributed by atoms with Crippen LogP contribution in [0, 0.1) is 5.41 Å². The minimum Gasteiger partial charge on any atom is -0.475 e. The summed E-state index contributed by atoms with van der Waals surface area (Å²) in [5.74, 6) is -2.28. The van der Waals surface area contributed by atoms with Crippen molar-refractivity contribution in [2.24, 2.45) is 5.41 Å². The molecule has 2 aromatic rings. The first-order valence-electron chi connectivity index (χ1n) is 10.1. The second kappa shape index (κ2) is 9.56. The number of carbonyl (C=O) groups is 2. The number of amides is 2. The largest absolute Gasteiger partial charge is 0.490 e. The first-order valence-corrected chi connectivity index (χ1v) is 10.5. The molecule has 33 heavy (non-hydrogen) atoms. The lowest BCUT2D eigenvalue weighted by Crippen LogP contribution is -2.39. The molecule has 0 saturated carbocycles. The Morgan fingerprint density at radius 2 is 2.00 bits per heavy atom. The monoisotopic (exact) mass is 488 g/mol. The van der Waals surface area contributed by atoms with Gasteiger partial charge in [-0.1, -0.05) is 25.4 Å². The number of nitrogens with zero attached hydrogens (tertiary/aromatic N) is 3. The average Bonchev–Trinajstić information content (AvgIpc) is 3.39. The third kappa shape index (κ3) is 6.35. The summed E-state index contributed by atoms with van der Waals surface area (Å²) in [5, 5.41) is 21.2. The third-order valence-corrected chi connectivity index (χ3v) is 5.50. The van der Waals surface area contributed by atoms with E-state index in [1.165, 1.54) is 5.69 Å². The number of carboxylic acid groups (broad SMARTS) is 1. The number of urea groups is 1. The molecule has 0 spiro atoms. The number of nitrogens with one attached hydrogen (secondary N) is 3. The van der Waals surface area contributed by atoms with Gasteiger partial charge in [0, 0.05) is 42.1 Å². The molecule has 2 aliphatic heterocycles. The van der Waals surface area contributed by atoms with Crippen LogP contribution in [0.5, 0.6) is 0 Å². The zero-order valence-corrected chi connectivity index (χ0v) is 18.7. The van der Waals surface area contributed by atoms with E-state index in [2.05, 4.69) is 39.9 Å². The number of rotatable bonds is 3. The SMILES string of the molecule is CC1(C)Cc2c(-c3cc(NC(=O)N[C@@H]4CCNC4)ncc3Cl)cnn2C1.O=C(O)C(F)(F)F. The molecule has 4 rings (SSSR count). The molecule has 2 amide bonds. The first-order chi connectivity index (χ1) is 15.4. The number of aromatic nitrogens is 3. The summed E-state index contributed by atoms with van der Waals surface area (Å²) in [6.45, 7) is 7.08. The van der Waals surface area contributed by atoms with Gasteiger partial charge >= 0.3 is 18.2 Å². The van der Waals surface area contributed by atoms with E-state index in [0.717, 1.165) is 43.6 Å². The van der Waals surface area contributed by atoms with Gasteiger partial charge in [0.2, 0.25) is 0 Å². The maximum Gasteiger partial charge on any atom is 0.490 e. The van der Waals surface area contributed by atoms with Crippen LogP contribution >= 0.6 is 11.6 Å². The summed E-state index contributed by atoms with van der Waals surface area (Å²) in [6.07, 6.45) is 0.220. The Morgan fingerprint density at radius 3 is 2.61 bits per heavy atom. The van der Waals surface area contributed by atoms with Gasteiger partial charge in [0.1, 0.15) is 5.82 Å². The lowest BCUT2D eigenvalue weighted by atomic mass is 9.89. The van der Waals surface area contributed by atoms with E-state index in [0.29, 0.717) is 10.8 Å². The maximum absolute atomic E-state index is 12.2. The number of halogens is 4. The normalized spacial score (nSPS) is 18.8. The van der Waals surface area contributed by atoms with Crippen LogP contribution in [0.3, 0.4) is 0 Å². The topological polar surface area (TPSA) is 121 Å². The van der Waals surface area contributed by atoms with E-state index in [4.69, 9.17) is 21.5 Å². The second-order valence-electron chi connectivity index (χ2n) is 8.64. The van der Waals surface area contributed by atoms with Crippen LogP contribution < -0.4 is 16.0 Å². The summed E-state index contributed by atoms with van der Waals surface area (Å²) in [6, 6.07) is 1.72. The number of hydrogen-bond donors (Lipinski definition) is 4. The van der Waals surface area contributed by atoms with Gasteiger partial charge in [0.15, 0.2) is 0 Å². The van der Waals surface area contributed by atoms with Gasteiger partial charge in [-0.15, -0.1) is 0 Å². The van der Waals surface area contributed by atoms with Crippen LogP contribution in [0.2, 0.25) is 5.02 Å². The molecule has 1 fully saturated rings. The minimum atomic E-state index is -5.08. The summed E-state index contributed by atoms with van der Waals surface area (Å²) >= 11 is 6.40. The van der Waals surface area contributed by atoms with Crippen LogP contribution in [0.15, 0.2) is 18.5 Å². The molecule has 1 saturated heterocycles. The van der Waals surface area contributed by atoms with Crippen molar-refractivity contribution in [3.63, 3.8) is 0 Å². The highest BCUT2D eigenvalue weighted by Crippen LogP contribution is 2.39. The predicted molar refractivity (Wildman–Crippen MR) is 115 cm³/mol. The van der Waals surface area contributed by atoms with Crippen molar-refractivity contribution in [3.05, 3.63) is 29.2 Å². The third-order valence-electron chi connectivity index (χ3n) is 5.20. The Bertz CT molecular complexity index is 1030. The number of hydrogen-bond acceptors (Lipinski definition) is 5. The molecular weight excluding hydrogens is 465 g/mol. The van der Waals surface area contributed by atoms with Gasteiger partial charge < -0.3 is 15.7 Å². The van der Waals surface area contributed by atoms with Crippen molar-refractivity contribution >= 4 is 29.4 Å². The fourth-order valence-corrected chi connectivity index (χ4v) is 3.91. The molecule has 180 valence electrons. The van der Waals surface area contributed by atoms with E-state index in [9.17, 15) is 18.0 Å². The number of aliphatic carboxylic acids is 1. The molecular formula is C20H24ClF3N6O3. The van der Waals surface area contributed by atoms with E-state index >= 15 is 0 Å². The van der Waals surface area contributed by atoms with Crippen molar-refractivity contribution in [1.29, 1.82) is 0 Å². The molecule has 13 heteroatoms. The Labute approximate surface area is 192 Å². The summed E-state index contributed by atoms with van der Waals surface area (Å²) in [4.78, 5) is 25.3. The number of alkyl halides is 3. The lowest BCUT2D eigenvalue weighted by molar-refractivity contribution is -0.192. The molecule has 4 N–H and O–H groups in total. The number of pyridine rings is 1. The quantitative estimate of drug-likeness (QED) is 0.526. The fourth-order valence-electron chi connectivity index (χ4n) is 3.70. The molecule has 0 radical (unpaired) electrons. The molecule has 0 aromatic carbocycles. The predicted octanol–water partition coefficient (Wildman–Crippen LogP) is 3.30. The zero-order chi connectivity index (χ0) is 24.4. The standard InChI is InChI=1S/C18H23ClN6O.C2HF3O2/c1-18(2)6-15-13(8-22-25(15)10-18)12-5-16(21-9-14(12)19)24-17(26)23-11-3-4-20-7-11;3-2(4,5)1(6)7/h5,8-9,11,20H,3-4,6-7,10H2,1-2H3,(H2,21,23,24,26);(H,6,7)/t11-;/m1./s1. The van der Waals surface area contributed by atoms with Gasteiger partial charge in [-0.3, -0.25) is 10.00 Å². The van der Waals surface area contributed by atoms with Gasteiger partial charge in [-0.05, 0) is 30.9 Å².